The first-order valence-corrected chi connectivity index (χ1v) is 20.5. The average molecular weight is 827 g/mol. The molecule has 0 N–H and O–H groups in total. The molecule has 0 spiro atoms. The van der Waals surface area contributed by atoms with E-state index in [4.69, 9.17) is 40.0 Å². The highest BCUT2D eigenvalue weighted by atomic mass is 35.5. The van der Waals surface area contributed by atoms with Crippen LogP contribution in [0.4, 0.5) is 0 Å². The lowest BCUT2D eigenvalue weighted by molar-refractivity contribution is -0.194. The Labute approximate surface area is 357 Å². The van der Waals surface area contributed by atoms with Crippen LogP contribution in [0, 0.1) is 0 Å². The molecule has 4 unspecified atom stereocenters. The van der Waals surface area contributed by atoms with Crippen LogP contribution < -0.4 is 4.74 Å². The van der Waals surface area contributed by atoms with E-state index < -0.39 is 30.4 Å². The molecule has 0 aliphatic carbocycles. The van der Waals surface area contributed by atoms with Gasteiger partial charge < -0.3 is 28.4 Å². The Kier molecular flexibility index (Phi) is 17.0. The van der Waals surface area contributed by atoms with E-state index in [1.54, 1.807) is 18.2 Å². The number of ketones is 1. The molecule has 0 heterocycles. The summed E-state index contributed by atoms with van der Waals surface area (Å²) in [6, 6.07) is 51.7. The van der Waals surface area contributed by atoms with Crippen LogP contribution in [0.5, 0.6) is 5.75 Å². The van der Waals surface area contributed by atoms with Gasteiger partial charge in [0.15, 0.2) is 11.9 Å². The Bertz CT molecular complexity index is 2180. The van der Waals surface area contributed by atoms with Gasteiger partial charge in [0.25, 0.3) is 0 Å². The number of esters is 1. The van der Waals surface area contributed by atoms with Crippen LogP contribution in [0.1, 0.15) is 57.6 Å². The lowest BCUT2D eigenvalue weighted by Gasteiger charge is -2.37. The summed E-state index contributed by atoms with van der Waals surface area (Å²) in [4.78, 5) is 28.1. The zero-order chi connectivity index (χ0) is 41.9. The molecule has 0 amide bonds. The summed E-state index contributed by atoms with van der Waals surface area (Å²) >= 11 is 6.79. The third-order valence-corrected chi connectivity index (χ3v) is 10.1. The van der Waals surface area contributed by atoms with Gasteiger partial charge in [-0.25, -0.2) is 0 Å². The highest BCUT2D eigenvalue weighted by Gasteiger charge is 2.43. The van der Waals surface area contributed by atoms with Crippen molar-refractivity contribution < 1.29 is 38.0 Å². The molecule has 0 radical (unpaired) electrons. The van der Waals surface area contributed by atoms with E-state index in [1.807, 2.05) is 153 Å². The van der Waals surface area contributed by atoms with Crippen LogP contribution in [0.15, 0.2) is 164 Å². The molecule has 0 aliphatic rings. The number of halogens is 1. The van der Waals surface area contributed by atoms with Crippen molar-refractivity contribution in [2.24, 2.45) is 0 Å². The predicted molar refractivity (Wildman–Crippen MR) is 233 cm³/mol. The van der Waals surface area contributed by atoms with Gasteiger partial charge in [-0.3, -0.25) is 9.59 Å². The van der Waals surface area contributed by atoms with E-state index in [0.717, 1.165) is 39.1 Å². The van der Waals surface area contributed by atoms with Gasteiger partial charge in [-0.05, 0) is 77.1 Å². The Hall–Kier alpha value is -5.61. The number of Topliss-reactive ketones (excluding diaryl/α,β-unsaturated/α-hetero) is 1. The van der Waals surface area contributed by atoms with E-state index in [0.29, 0.717) is 23.6 Å². The molecule has 0 aliphatic heterocycles. The quantitative estimate of drug-likeness (QED) is 0.0466. The third-order valence-electron chi connectivity index (χ3n) is 9.76. The van der Waals surface area contributed by atoms with Gasteiger partial charge in [-0.2, -0.15) is 0 Å². The number of rotatable bonds is 23. The molecule has 6 aromatic rings. The Morgan fingerprint density at radius 3 is 1.58 bits per heavy atom. The van der Waals surface area contributed by atoms with E-state index >= 15 is 4.79 Å². The minimum atomic E-state index is -1.25. The second kappa shape index (κ2) is 23.3. The van der Waals surface area contributed by atoms with E-state index in [-0.39, 0.29) is 38.8 Å². The highest BCUT2D eigenvalue weighted by Crippen LogP contribution is 2.28. The normalized spacial score (nSPS) is 13.2. The van der Waals surface area contributed by atoms with Crippen molar-refractivity contribution in [3.05, 3.63) is 208 Å². The fourth-order valence-corrected chi connectivity index (χ4v) is 6.96. The lowest BCUT2D eigenvalue weighted by atomic mass is 9.93. The number of ether oxygens (including phenoxy) is 6. The third kappa shape index (κ3) is 13.5. The minimum Gasteiger partial charge on any atom is -0.494 e. The van der Waals surface area contributed by atoms with Crippen molar-refractivity contribution in [1.29, 1.82) is 0 Å². The second-order valence-corrected chi connectivity index (χ2v) is 14.7. The monoisotopic (exact) mass is 826 g/mol. The smallest absolute Gasteiger partial charge is 0.303 e. The summed E-state index contributed by atoms with van der Waals surface area (Å²) < 4.78 is 38.2. The molecule has 310 valence electrons. The summed E-state index contributed by atoms with van der Waals surface area (Å²) in [6.07, 6.45) is -3.94. The van der Waals surface area contributed by atoms with Crippen LogP contribution >= 0.6 is 11.6 Å². The standard InChI is InChI=1S/C51H51ClO8/c1-3-56-45-27-24-38(25-28-45)30-44-31-43(26-29-46(44)52)48(54)50(58-34-41-20-12-6-13-21-41)51(59-35-42-22-14-7-15-23-42)49(57-33-40-18-10-5-11-19-40)47(60-37(2)53)36-55-32-39-16-8-4-9-17-39/h4-29,31,47,49-51H,3,30,32-36H2,1-2H3. The number of carbonyl (C=O) groups excluding carboxylic acids is 2. The first-order chi connectivity index (χ1) is 29.4. The maximum Gasteiger partial charge on any atom is 0.303 e. The maximum absolute atomic E-state index is 15.2. The van der Waals surface area contributed by atoms with Gasteiger partial charge in [-0.1, -0.05) is 145 Å². The van der Waals surface area contributed by atoms with Crippen LogP contribution in [0.25, 0.3) is 0 Å². The number of carbonyl (C=O) groups is 2. The molecule has 8 nitrogen and oxygen atoms in total. The molecule has 9 heteroatoms. The van der Waals surface area contributed by atoms with Crippen molar-refractivity contribution in [3.63, 3.8) is 0 Å². The molecular weight excluding hydrogens is 776 g/mol. The zero-order valence-corrected chi connectivity index (χ0v) is 34.7. The molecular formula is C51H51ClO8. The first-order valence-electron chi connectivity index (χ1n) is 20.2. The number of hydrogen-bond donors (Lipinski definition) is 0. The van der Waals surface area contributed by atoms with Gasteiger partial charge in [0, 0.05) is 17.5 Å². The number of benzene rings is 6. The molecule has 0 bridgehead atoms. The largest absolute Gasteiger partial charge is 0.494 e. The molecule has 0 fully saturated rings. The van der Waals surface area contributed by atoms with Crippen LogP contribution in [-0.2, 0) is 61.3 Å². The molecule has 0 saturated carbocycles. The highest BCUT2D eigenvalue weighted by molar-refractivity contribution is 6.31. The predicted octanol–water partition coefficient (Wildman–Crippen LogP) is 10.4. The van der Waals surface area contributed by atoms with Gasteiger partial charge in [0.1, 0.15) is 24.1 Å². The van der Waals surface area contributed by atoms with Crippen molar-refractivity contribution in [2.75, 3.05) is 13.2 Å². The van der Waals surface area contributed by atoms with E-state index in [9.17, 15) is 4.79 Å². The fraction of sp³-hybridized carbons (Fsp3) is 0.255. The molecule has 6 aromatic carbocycles. The Morgan fingerprint density at radius 1 is 0.567 bits per heavy atom. The molecule has 0 aromatic heterocycles. The minimum absolute atomic E-state index is 0.0497. The van der Waals surface area contributed by atoms with E-state index in [1.165, 1.54) is 6.92 Å². The Balaban J connectivity index is 1.41. The molecule has 0 saturated heterocycles. The summed E-state index contributed by atoms with van der Waals surface area (Å²) in [5.41, 5.74) is 5.68. The van der Waals surface area contributed by atoms with Gasteiger partial charge in [0.2, 0.25) is 0 Å². The van der Waals surface area contributed by atoms with Crippen molar-refractivity contribution >= 4 is 23.4 Å². The van der Waals surface area contributed by atoms with Crippen molar-refractivity contribution in [2.45, 2.75) is 71.1 Å². The first kappa shape index (κ1) is 44.0. The van der Waals surface area contributed by atoms with Crippen molar-refractivity contribution in [1.82, 2.24) is 0 Å². The molecule has 60 heavy (non-hydrogen) atoms. The van der Waals surface area contributed by atoms with Crippen molar-refractivity contribution in [3.8, 4) is 5.75 Å². The van der Waals surface area contributed by atoms with Crippen LogP contribution in [-0.4, -0.2) is 49.4 Å². The summed E-state index contributed by atoms with van der Waals surface area (Å²) in [6.45, 7) is 4.38. The lowest BCUT2D eigenvalue weighted by Crippen LogP contribution is -2.53. The molecule has 6 rings (SSSR count). The molecule has 4 atom stereocenters. The van der Waals surface area contributed by atoms with Gasteiger partial charge >= 0.3 is 5.97 Å². The average Bonchev–Trinajstić information content (AvgIpc) is 3.28. The number of hydrogen-bond acceptors (Lipinski definition) is 8. The van der Waals surface area contributed by atoms with Crippen LogP contribution in [0.2, 0.25) is 5.02 Å². The zero-order valence-electron chi connectivity index (χ0n) is 34.0. The Morgan fingerprint density at radius 2 is 1.07 bits per heavy atom. The maximum atomic E-state index is 15.2. The summed E-state index contributed by atoms with van der Waals surface area (Å²) in [5.74, 6) is -0.116. The fourth-order valence-electron chi connectivity index (χ4n) is 6.78. The SMILES string of the molecule is CCOc1ccc(Cc2cc(C(=O)C(OCc3ccccc3)C(OCc3ccccc3)C(OCc3ccccc3)C(COCc3ccccc3)OC(C)=O)ccc2Cl)cc1. The second-order valence-electron chi connectivity index (χ2n) is 14.3. The van der Waals surface area contributed by atoms with E-state index in [2.05, 4.69) is 0 Å². The van der Waals surface area contributed by atoms with Gasteiger partial charge in [-0.15, -0.1) is 0 Å². The van der Waals surface area contributed by atoms with Crippen LogP contribution in [0.3, 0.4) is 0 Å². The topological polar surface area (TPSA) is 89.5 Å². The summed E-state index contributed by atoms with van der Waals surface area (Å²) in [5, 5.41) is 0.522. The summed E-state index contributed by atoms with van der Waals surface area (Å²) in [7, 11) is 0. The van der Waals surface area contributed by atoms with Gasteiger partial charge in [0.05, 0.1) is 39.6 Å².